The van der Waals surface area contributed by atoms with E-state index < -0.39 is 79.7 Å². The zero-order chi connectivity index (χ0) is 58.3. The Labute approximate surface area is 486 Å². The van der Waals surface area contributed by atoms with Gasteiger partial charge in [-0.15, -0.1) is 0 Å². The van der Waals surface area contributed by atoms with E-state index in [4.69, 9.17) is 65.8 Å². The van der Waals surface area contributed by atoms with Crippen molar-refractivity contribution in [2.75, 3.05) is 44.7 Å². The highest BCUT2D eigenvalue weighted by molar-refractivity contribution is 8.25. The Kier molecular flexibility index (Phi) is 18.5. The first-order valence-corrected chi connectivity index (χ1v) is 30.8. The highest BCUT2D eigenvalue weighted by atomic mass is 32.7. The van der Waals surface area contributed by atoms with Crippen molar-refractivity contribution in [3.05, 3.63) is 161 Å². The molecule has 2 aliphatic heterocycles. The predicted octanol–water partition coefficient (Wildman–Crippen LogP) is 8.55. The molecule has 2 aliphatic rings. The number of aromatic nitrogens is 8. The van der Waals surface area contributed by atoms with E-state index in [1.165, 1.54) is 23.5 Å². The number of amides is 2. The summed E-state index contributed by atoms with van der Waals surface area (Å²) in [5, 5.41) is 15.1. The number of hydrogen-bond acceptors (Lipinski definition) is 21. The maximum absolute atomic E-state index is 13.4. The molecule has 430 valence electrons. The van der Waals surface area contributed by atoms with Crippen molar-refractivity contribution in [2.24, 2.45) is 5.92 Å². The second-order valence-electron chi connectivity index (χ2n) is 19.3. The number of rotatable bonds is 24. The maximum atomic E-state index is 13.4. The van der Waals surface area contributed by atoms with Crippen LogP contribution in [-0.2, 0) is 71.3 Å². The van der Waals surface area contributed by atoms with E-state index in [1.807, 2.05) is 84.9 Å². The van der Waals surface area contributed by atoms with Crippen LogP contribution in [0.1, 0.15) is 72.6 Å². The minimum atomic E-state index is -3.95. The van der Waals surface area contributed by atoms with Gasteiger partial charge in [-0.05, 0) is 64.9 Å². The van der Waals surface area contributed by atoms with E-state index in [0.717, 1.165) is 16.7 Å². The first-order chi connectivity index (χ1) is 40.2. The van der Waals surface area contributed by atoms with Crippen molar-refractivity contribution < 1.29 is 55.9 Å². The minimum Gasteiger partial charge on any atom is -0.497 e. The summed E-state index contributed by atoms with van der Waals surface area (Å²) in [6.07, 6.45) is -1.51. The summed E-state index contributed by atoms with van der Waals surface area (Å²) in [5.41, 5.74) is 1.34. The summed E-state index contributed by atoms with van der Waals surface area (Å²) in [4.78, 5) is 64.0. The summed E-state index contributed by atoms with van der Waals surface area (Å²) >= 11 is 11.2. The number of ether oxygens (including phenoxy) is 5. The molecule has 4 aromatic carbocycles. The molecule has 0 radical (unpaired) electrons. The number of carbonyl (C=O) groups excluding carboxylic acids is 2. The number of anilines is 2. The molecule has 0 bridgehead atoms. The van der Waals surface area contributed by atoms with Gasteiger partial charge in [0.25, 0.3) is 11.5 Å². The SMILES string of the molecule is COc1ccc(C(OC[C@H]2O[C@@H](n3cnc4c(NC(=O)c5ccccc5)ncnc43)C[C@@H]2OP(=S)(OCCC#N)OC[C@@H]2C[C@@H](O[P+](=O)[S-])[C@H](n3cnc4c(=O)[nH]c(NC(=O)C(C)C)nc43)O2)(c2ccccc2)c2ccc(OC)cc2)cc1. The van der Waals surface area contributed by atoms with Crippen molar-refractivity contribution in [2.45, 2.75) is 75.6 Å². The van der Waals surface area contributed by atoms with Crippen LogP contribution in [0.15, 0.2) is 133 Å². The van der Waals surface area contributed by atoms with Crippen LogP contribution >= 0.6 is 13.9 Å². The van der Waals surface area contributed by atoms with Gasteiger partial charge >= 0.3 is 13.9 Å². The first kappa shape index (κ1) is 58.8. The second-order valence-corrected chi connectivity index (χ2v) is 23.8. The molecule has 2 fully saturated rings. The van der Waals surface area contributed by atoms with Gasteiger partial charge in [-0.2, -0.15) is 14.8 Å². The van der Waals surface area contributed by atoms with Crippen molar-refractivity contribution in [1.82, 2.24) is 39.0 Å². The molecule has 28 heteroatoms. The monoisotopic (exact) mass is 1200 g/mol. The molecule has 0 saturated carbocycles. The number of imidazole rings is 2. The minimum absolute atomic E-state index is 0.0328. The highest BCUT2D eigenvalue weighted by Gasteiger charge is 2.47. The Morgan fingerprint density at radius 2 is 1.48 bits per heavy atom. The molecule has 4 aromatic heterocycles. The lowest BCUT2D eigenvalue weighted by atomic mass is 9.80. The normalized spacial score (nSPS) is 19.8. The second kappa shape index (κ2) is 26.0. The Hall–Kier alpha value is -7.37. The number of methoxy groups -OCH3 is 2. The molecule has 2 unspecified atom stereocenters. The number of nitrogens with one attached hydrogen (secondary N) is 3. The van der Waals surface area contributed by atoms with Crippen LogP contribution < -0.4 is 25.7 Å². The van der Waals surface area contributed by atoms with Gasteiger partial charge in [-0.1, -0.05) is 91.2 Å². The van der Waals surface area contributed by atoms with Crippen molar-refractivity contribution in [3.8, 4) is 17.6 Å². The molecular formula is C55H55N11O13P2S2. The van der Waals surface area contributed by atoms with Gasteiger partial charge in [0.05, 0.1) is 71.4 Å². The maximum Gasteiger partial charge on any atom is 0.372 e. The summed E-state index contributed by atoms with van der Waals surface area (Å²) in [6, 6.07) is 35.6. The zero-order valence-electron chi connectivity index (χ0n) is 45.0. The fourth-order valence-electron chi connectivity index (χ4n) is 9.68. The Bertz CT molecular complexity index is 3710. The average Bonchev–Trinajstić information content (AvgIpc) is 4.47. The molecule has 2 saturated heterocycles. The molecule has 8 aromatic rings. The van der Waals surface area contributed by atoms with Crippen molar-refractivity contribution in [3.63, 3.8) is 0 Å². The molecule has 6 heterocycles. The van der Waals surface area contributed by atoms with E-state index in [0.29, 0.717) is 22.7 Å². The van der Waals surface area contributed by atoms with Gasteiger partial charge in [0.15, 0.2) is 40.5 Å². The molecule has 0 spiro atoms. The molecule has 83 heavy (non-hydrogen) atoms. The quantitative estimate of drug-likeness (QED) is 0.0221. The van der Waals surface area contributed by atoms with Gasteiger partial charge in [-0.25, -0.2) is 19.9 Å². The number of nitrogens with zero attached hydrogens (tertiary/aromatic N) is 8. The molecule has 24 nitrogen and oxygen atoms in total. The van der Waals surface area contributed by atoms with Gasteiger partial charge < -0.3 is 54.8 Å². The van der Waals surface area contributed by atoms with Crippen molar-refractivity contribution in [1.29, 1.82) is 5.26 Å². The number of carbonyl (C=O) groups is 2. The lowest BCUT2D eigenvalue weighted by Crippen LogP contribution is -2.38. The van der Waals surface area contributed by atoms with Crippen LogP contribution in [0, 0.1) is 17.2 Å². The lowest BCUT2D eigenvalue weighted by molar-refractivity contribution is -0.118. The number of nitriles is 1. The highest BCUT2D eigenvalue weighted by Crippen LogP contribution is 2.55. The molecular weight excluding hydrogens is 1150 g/mol. The number of benzene rings is 4. The topological polar surface area (TPSA) is 289 Å². The number of fused-ring (bicyclic) bond motifs is 2. The summed E-state index contributed by atoms with van der Waals surface area (Å²) in [6.45, 7) is -1.18. The summed E-state index contributed by atoms with van der Waals surface area (Å²) in [5.74, 6) is 0.0937. The zero-order valence-corrected chi connectivity index (χ0v) is 48.4. The Morgan fingerprint density at radius 1 is 0.831 bits per heavy atom. The number of aromatic amines is 1. The predicted molar refractivity (Wildman–Crippen MR) is 308 cm³/mol. The van der Waals surface area contributed by atoms with Crippen LogP contribution in [0.4, 0.5) is 11.8 Å². The van der Waals surface area contributed by atoms with Gasteiger partial charge in [0.2, 0.25) is 11.9 Å². The molecule has 10 rings (SSSR count). The first-order valence-electron chi connectivity index (χ1n) is 26.1. The average molecular weight is 1200 g/mol. The largest absolute Gasteiger partial charge is 0.497 e. The third-order valence-electron chi connectivity index (χ3n) is 13.7. The van der Waals surface area contributed by atoms with Gasteiger partial charge in [-0.3, -0.25) is 33.8 Å². The standard InChI is InChI=1S/C55H55N11O13P2S2/c1-33(2)50(67)63-54-62-49-46(52(69)64-54)60-32-66(49)53-42(78-80(70)82)26-40(76-53)28-75-81(83,74-25-11-24-56)79-41-27-44(65-31-59-45-47(57-30-58-48(45)65)61-51(68)34-12-7-5-8-13-34)77-43(41)29-73-55(35-14-9-6-10-15-35,36-16-20-38(71-3)21-17-36)37-18-22-39(72-4)23-19-37/h5-10,12-23,30-33,40-44,53H,11,25-29H2,1-4H3,(H,57,58,61,68)(H2,62,63,64,67,69)/t40-,41-,42+,43+,44+,53+,81?/m0/s1. The molecule has 3 N–H and O–H groups in total. The number of hydrogen-bond donors (Lipinski definition) is 3. The number of H-pyrrole nitrogens is 1. The third-order valence-corrected chi connectivity index (χ3v) is 16.8. The fourth-order valence-corrected chi connectivity index (χ4v) is 12.6. The van der Waals surface area contributed by atoms with Gasteiger partial charge in [0.1, 0.15) is 35.8 Å². The van der Waals surface area contributed by atoms with Gasteiger partial charge in [0, 0.05) is 24.3 Å². The third kappa shape index (κ3) is 13.1. The van der Waals surface area contributed by atoms with E-state index in [-0.39, 0.29) is 67.5 Å². The van der Waals surface area contributed by atoms with E-state index >= 15 is 0 Å². The molecule has 0 aliphatic carbocycles. The molecule has 2 amide bonds. The van der Waals surface area contributed by atoms with Crippen LogP contribution in [-0.4, -0.2) is 109 Å². The smallest absolute Gasteiger partial charge is 0.372 e. The van der Waals surface area contributed by atoms with Crippen LogP contribution in [0.5, 0.6) is 11.5 Å². The van der Waals surface area contributed by atoms with Crippen molar-refractivity contribution >= 4 is 83.9 Å². The van der Waals surface area contributed by atoms with E-state index in [9.17, 15) is 24.2 Å². The summed E-state index contributed by atoms with van der Waals surface area (Å²) in [7, 11) is 0.578. The van der Waals surface area contributed by atoms with Crippen LogP contribution in [0.2, 0.25) is 0 Å². The molecule has 8 atom stereocenters. The summed E-state index contributed by atoms with van der Waals surface area (Å²) < 4.78 is 73.1. The lowest BCUT2D eigenvalue weighted by Gasteiger charge is -2.37. The van der Waals surface area contributed by atoms with Crippen LogP contribution in [0.25, 0.3) is 22.3 Å². The van der Waals surface area contributed by atoms with E-state index in [2.05, 4.69) is 46.6 Å². The van der Waals surface area contributed by atoms with Crippen LogP contribution in [0.3, 0.4) is 0 Å². The fraction of sp³-hybridized carbons (Fsp3) is 0.327. The Morgan fingerprint density at radius 3 is 2.13 bits per heavy atom. The van der Waals surface area contributed by atoms with E-state index in [1.54, 1.807) is 56.9 Å². The Balaban J connectivity index is 0.986.